The maximum Gasteiger partial charge on any atom is 0.247 e. The quantitative estimate of drug-likeness (QED) is 0.914. The van der Waals surface area contributed by atoms with E-state index in [0.29, 0.717) is 5.92 Å². The van der Waals surface area contributed by atoms with Crippen LogP contribution in [-0.2, 0) is 10.3 Å². The van der Waals surface area contributed by atoms with Crippen molar-refractivity contribution >= 4 is 5.91 Å². The second-order valence-corrected chi connectivity index (χ2v) is 7.00. The number of hydrogen-bond acceptors (Lipinski definition) is 3. The van der Waals surface area contributed by atoms with Gasteiger partial charge in [0.25, 0.3) is 0 Å². The molecule has 0 aliphatic heterocycles. The molecule has 0 unspecified atom stereocenters. The molecule has 5 nitrogen and oxygen atoms in total. The van der Waals surface area contributed by atoms with Gasteiger partial charge in [-0.25, -0.2) is 9.67 Å². The summed E-state index contributed by atoms with van der Waals surface area (Å²) in [5.74, 6) is 2.42. The van der Waals surface area contributed by atoms with E-state index >= 15 is 0 Å². The minimum Gasteiger partial charge on any atom is -0.351 e. The van der Waals surface area contributed by atoms with Gasteiger partial charge in [0.15, 0.2) is 0 Å². The molecule has 0 saturated heterocycles. The van der Waals surface area contributed by atoms with Crippen LogP contribution < -0.4 is 5.32 Å². The lowest BCUT2D eigenvalue weighted by Crippen LogP contribution is -2.50. The first-order chi connectivity index (χ1) is 9.48. The molecule has 0 radical (unpaired) electrons. The van der Waals surface area contributed by atoms with E-state index in [0.717, 1.165) is 11.8 Å². The van der Waals surface area contributed by atoms with Crippen molar-refractivity contribution in [1.29, 1.82) is 0 Å². The third-order valence-corrected chi connectivity index (χ3v) is 5.34. The Labute approximate surface area is 120 Å². The van der Waals surface area contributed by atoms with Crippen LogP contribution >= 0.6 is 0 Å². The predicted octanol–water partition coefficient (Wildman–Crippen LogP) is 1.95. The number of carbonyl (C=O) groups is 1. The highest BCUT2D eigenvalue weighted by Gasteiger charge is 2.43. The average molecular weight is 276 g/mol. The molecule has 4 atom stereocenters. The highest BCUT2D eigenvalue weighted by molar-refractivity contribution is 5.83. The summed E-state index contributed by atoms with van der Waals surface area (Å²) in [6, 6.07) is 0.251. The smallest absolute Gasteiger partial charge is 0.247 e. The number of fused-ring (bicyclic) bond motifs is 2. The van der Waals surface area contributed by atoms with Gasteiger partial charge in [-0.05, 0) is 57.8 Å². The molecule has 2 aliphatic carbocycles. The van der Waals surface area contributed by atoms with Crippen LogP contribution in [0.25, 0.3) is 0 Å². The van der Waals surface area contributed by atoms with Crippen LogP contribution in [0.4, 0.5) is 0 Å². The summed E-state index contributed by atoms with van der Waals surface area (Å²) in [6.45, 7) is 5.91. The summed E-state index contributed by atoms with van der Waals surface area (Å²) >= 11 is 0. The lowest BCUT2D eigenvalue weighted by molar-refractivity contribution is -0.130. The van der Waals surface area contributed by atoms with E-state index in [9.17, 15) is 4.79 Å². The minimum absolute atomic E-state index is 0.0262. The van der Waals surface area contributed by atoms with Crippen molar-refractivity contribution in [2.24, 2.45) is 17.8 Å². The van der Waals surface area contributed by atoms with Crippen LogP contribution in [-0.4, -0.2) is 26.7 Å². The van der Waals surface area contributed by atoms with E-state index in [4.69, 9.17) is 0 Å². The van der Waals surface area contributed by atoms with Crippen molar-refractivity contribution in [1.82, 2.24) is 20.1 Å². The normalized spacial score (nSPS) is 30.4. The molecule has 2 fully saturated rings. The van der Waals surface area contributed by atoms with E-state index in [1.165, 1.54) is 32.0 Å². The maximum absolute atomic E-state index is 12.5. The van der Waals surface area contributed by atoms with Crippen LogP contribution in [0, 0.1) is 17.8 Å². The van der Waals surface area contributed by atoms with Gasteiger partial charge in [0.1, 0.15) is 18.2 Å². The number of hydrogen-bond donors (Lipinski definition) is 1. The molecule has 1 heterocycles. The Morgan fingerprint density at radius 1 is 1.40 bits per heavy atom. The van der Waals surface area contributed by atoms with Gasteiger partial charge in [-0.2, -0.15) is 5.10 Å². The summed E-state index contributed by atoms with van der Waals surface area (Å²) < 4.78 is 1.62. The highest BCUT2D eigenvalue weighted by Crippen LogP contribution is 2.49. The van der Waals surface area contributed by atoms with Crippen molar-refractivity contribution in [2.45, 2.75) is 58.0 Å². The number of aromatic nitrogens is 3. The van der Waals surface area contributed by atoms with Gasteiger partial charge in [-0.3, -0.25) is 4.79 Å². The zero-order valence-corrected chi connectivity index (χ0v) is 12.5. The Hall–Kier alpha value is -1.39. The Bertz CT molecular complexity index is 482. The average Bonchev–Trinajstić information content (AvgIpc) is 3.15. The SMILES string of the molecule is C[C@@H](NC(=O)C(C)(C)n1cncn1)[C@H]1C[C@@H]2CC[C@@H]1C2. The Kier molecular flexibility index (Phi) is 3.30. The van der Waals surface area contributed by atoms with Gasteiger partial charge in [-0.15, -0.1) is 0 Å². The highest BCUT2D eigenvalue weighted by atomic mass is 16.2. The standard InChI is InChI=1S/C15H24N4O/c1-10(13-7-11-4-5-12(13)6-11)18-14(20)15(2,3)19-9-16-8-17-19/h8-13H,4-7H2,1-3H3,(H,18,20)/t10-,11-,12-,13-/m1/s1. The van der Waals surface area contributed by atoms with Gasteiger partial charge in [0.2, 0.25) is 5.91 Å². The molecule has 0 spiro atoms. The first-order valence-corrected chi connectivity index (χ1v) is 7.64. The fourth-order valence-electron chi connectivity index (χ4n) is 4.00. The van der Waals surface area contributed by atoms with Crippen LogP contribution in [0.1, 0.15) is 46.5 Å². The van der Waals surface area contributed by atoms with E-state index in [-0.39, 0.29) is 11.9 Å². The predicted molar refractivity (Wildman–Crippen MR) is 75.9 cm³/mol. The summed E-state index contributed by atoms with van der Waals surface area (Å²) in [7, 11) is 0. The molecular weight excluding hydrogens is 252 g/mol. The third kappa shape index (κ3) is 2.23. The van der Waals surface area contributed by atoms with E-state index < -0.39 is 5.54 Å². The minimum atomic E-state index is -0.692. The lowest BCUT2D eigenvalue weighted by Gasteiger charge is -2.32. The second kappa shape index (κ2) is 4.86. The van der Waals surface area contributed by atoms with Gasteiger partial charge < -0.3 is 5.32 Å². The third-order valence-electron chi connectivity index (χ3n) is 5.34. The summed E-state index contributed by atoms with van der Waals surface area (Å²) in [5, 5.41) is 7.30. The van der Waals surface area contributed by atoms with Crippen molar-refractivity contribution < 1.29 is 4.79 Å². The van der Waals surface area contributed by atoms with Gasteiger partial charge in [-0.1, -0.05) is 6.42 Å². The zero-order chi connectivity index (χ0) is 14.3. The molecule has 1 aromatic heterocycles. The Morgan fingerprint density at radius 3 is 2.75 bits per heavy atom. The van der Waals surface area contributed by atoms with Crippen LogP contribution in [0.15, 0.2) is 12.7 Å². The topological polar surface area (TPSA) is 59.8 Å². The molecule has 2 aliphatic rings. The number of carbonyl (C=O) groups excluding carboxylic acids is 1. The van der Waals surface area contributed by atoms with E-state index in [2.05, 4.69) is 22.3 Å². The van der Waals surface area contributed by atoms with Crippen molar-refractivity contribution in [3.63, 3.8) is 0 Å². The molecule has 20 heavy (non-hydrogen) atoms. The first kappa shape index (κ1) is 13.6. The first-order valence-electron chi connectivity index (χ1n) is 7.64. The molecule has 5 heteroatoms. The van der Waals surface area contributed by atoms with Crippen molar-refractivity contribution in [3.8, 4) is 0 Å². The second-order valence-electron chi connectivity index (χ2n) is 7.00. The van der Waals surface area contributed by atoms with Crippen LogP contribution in [0.5, 0.6) is 0 Å². The van der Waals surface area contributed by atoms with Crippen molar-refractivity contribution in [3.05, 3.63) is 12.7 Å². The molecule has 110 valence electrons. The van der Waals surface area contributed by atoms with Crippen LogP contribution in [0.3, 0.4) is 0 Å². The summed E-state index contributed by atoms with van der Waals surface area (Å²) in [4.78, 5) is 16.5. The largest absolute Gasteiger partial charge is 0.351 e. The molecule has 0 aromatic carbocycles. The lowest BCUT2D eigenvalue weighted by atomic mass is 9.83. The fourth-order valence-corrected chi connectivity index (χ4v) is 4.00. The van der Waals surface area contributed by atoms with Crippen molar-refractivity contribution in [2.75, 3.05) is 0 Å². The van der Waals surface area contributed by atoms with E-state index in [1.807, 2.05) is 13.8 Å². The van der Waals surface area contributed by atoms with Gasteiger partial charge in [0, 0.05) is 6.04 Å². The van der Waals surface area contributed by atoms with Gasteiger partial charge in [0.05, 0.1) is 0 Å². The fraction of sp³-hybridized carbons (Fsp3) is 0.800. The maximum atomic E-state index is 12.5. The summed E-state index contributed by atoms with van der Waals surface area (Å²) in [6.07, 6.45) is 8.47. The molecule has 2 bridgehead atoms. The number of rotatable bonds is 4. The molecule has 1 aromatic rings. The van der Waals surface area contributed by atoms with Gasteiger partial charge >= 0.3 is 0 Å². The molecule has 1 amide bonds. The Balaban J connectivity index is 1.64. The monoisotopic (exact) mass is 276 g/mol. The zero-order valence-electron chi connectivity index (χ0n) is 12.5. The van der Waals surface area contributed by atoms with E-state index in [1.54, 1.807) is 11.0 Å². The summed E-state index contributed by atoms with van der Waals surface area (Å²) in [5.41, 5.74) is -0.692. The number of nitrogens with one attached hydrogen (secondary N) is 1. The number of amides is 1. The molecule has 3 rings (SSSR count). The Morgan fingerprint density at radius 2 is 2.20 bits per heavy atom. The molecule has 2 saturated carbocycles. The number of nitrogens with zero attached hydrogens (tertiary/aromatic N) is 3. The molecule has 1 N–H and O–H groups in total. The molecular formula is C15H24N4O. The van der Waals surface area contributed by atoms with Crippen LogP contribution in [0.2, 0.25) is 0 Å².